The first-order valence-electron chi connectivity index (χ1n) is 5.67. The van der Waals surface area contributed by atoms with E-state index in [4.69, 9.17) is 0 Å². The highest BCUT2D eigenvalue weighted by atomic mass is 16.3. The standard InChI is InChI=1S/C14H14N2O2/c1-10(11-6-2-3-7-11)15-16-14(18)12-8-4-5-9-13(12)17/h2-6,8-9,17H,7H2,1H3,(H,16,18)/b15-10+. The maximum absolute atomic E-state index is 11.8. The van der Waals surface area contributed by atoms with Gasteiger partial charge in [-0.3, -0.25) is 4.79 Å². The number of benzene rings is 1. The number of hydrogen-bond acceptors (Lipinski definition) is 3. The van der Waals surface area contributed by atoms with E-state index in [0.717, 1.165) is 17.7 Å². The molecule has 1 aliphatic rings. The molecule has 4 nitrogen and oxygen atoms in total. The van der Waals surface area contributed by atoms with Gasteiger partial charge in [0.2, 0.25) is 0 Å². The number of aromatic hydroxyl groups is 1. The lowest BCUT2D eigenvalue weighted by Gasteiger charge is -2.04. The van der Waals surface area contributed by atoms with Crippen molar-refractivity contribution in [3.8, 4) is 5.75 Å². The molecular weight excluding hydrogens is 228 g/mol. The molecule has 0 radical (unpaired) electrons. The predicted octanol–water partition coefficient (Wildman–Crippen LogP) is 2.38. The number of nitrogens with one attached hydrogen (secondary N) is 1. The van der Waals surface area contributed by atoms with Gasteiger partial charge >= 0.3 is 0 Å². The third kappa shape index (κ3) is 2.66. The summed E-state index contributed by atoms with van der Waals surface area (Å²) in [4.78, 5) is 11.8. The van der Waals surface area contributed by atoms with Gasteiger partial charge in [-0.15, -0.1) is 0 Å². The molecule has 2 rings (SSSR count). The minimum Gasteiger partial charge on any atom is -0.507 e. The lowest BCUT2D eigenvalue weighted by Crippen LogP contribution is -2.19. The summed E-state index contributed by atoms with van der Waals surface area (Å²) in [5, 5.41) is 13.5. The Balaban J connectivity index is 2.04. The van der Waals surface area contributed by atoms with Crippen LogP contribution in [0.15, 0.2) is 53.2 Å². The van der Waals surface area contributed by atoms with Gasteiger partial charge in [0, 0.05) is 0 Å². The zero-order chi connectivity index (χ0) is 13.0. The van der Waals surface area contributed by atoms with Gasteiger partial charge < -0.3 is 5.11 Å². The molecule has 18 heavy (non-hydrogen) atoms. The van der Waals surface area contributed by atoms with E-state index in [0.29, 0.717) is 0 Å². The molecule has 4 heteroatoms. The highest BCUT2D eigenvalue weighted by molar-refractivity contribution is 6.01. The van der Waals surface area contributed by atoms with Crippen LogP contribution in [0.1, 0.15) is 23.7 Å². The second kappa shape index (κ2) is 5.31. The number of nitrogens with zero attached hydrogens (tertiary/aromatic N) is 1. The van der Waals surface area contributed by atoms with Crippen LogP contribution in [0, 0.1) is 0 Å². The minimum absolute atomic E-state index is 0.0513. The lowest BCUT2D eigenvalue weighted by molar-refractivity contribution is 0.0952. The van der Waals surface area contributed by atoms with Gasteiger partial charge in [-0.2, -0.15) is 5.10 Å². The van der Waals surface area contributed by atoms with Crippen LogP contribution in [0.3, 0.4) is 0 Å². The highest BCUT2D eigenvalue weighted by Crippen LogP contribution is 2.15. The normalized spacial score (nSPS) is 14.5. The summed E-state index contributed by atoms with van der Waals surface area (Å²) < 4.78 is 0. The van der Waals surface area contributed by atoms with Crippen molar-refractivity contribution >= 4 is 11.6 Å². The summed E-state index contributed by atoms with van der Waals surface area (Å²) in [5.41, 5.74) is 4.50. The topological polar surface area (TPSA) is 61.7 Å². The zero-order valence-electron chi connectivity index (χ0n) is 10.1. The van der Waals surface area contributed by atoms with Crippen LogP contribution >= 0.6 is 0 Å². The van der Waals surface area contributed by atoms with Crippen molar-refractivity contribution in [2.45, 2.75) is 13.3 Å². The van der Waals surface area contributed by atoms with E-state index in [2.05, 4.69) is 10.5 Å². The molecule has 1 amide bonds. The van der Waals surface area contributed by atoms with Gasteiger partial charge in [0.25, 0.3) is 5.91 Å². The second-order valence-corrected chi connectivity index (χ2v) is 3.98. The van der Waals surface area contributed by atoms with Crippen LogP contribution in [-0.4, -0.2) is 16.7 Å². The van der Waals surface area contributed by atoms with E-state index < -0.39 is 5.91 Å². The molecule has 0 bridgehead atoms. The number of rotatable bonds is 3. The number of carbonyl (C=O) groups excluding carboxylic acids is 1. The maximum Gasteiger partial charge on any atom is 0.275 e. The quantitative estimate of drug-likeness (QED) is 0.631. The van der Waals surface area contributed by atoms with Gasteiger partial charge in [0.15, 0.2) is 0 Å². The number of hydrazone groups is 1. The molecule has 0 atom stereocenters. The van der Waals surface area contributed by atoms with Crippen molar-refractivity contribution in [1.82, 2.24) is 5.43 Å². The molecule has 0 saturated carbocycles. The average Bonchev–Trinajstić information content (AvgIpc) is 2.90. The largest absolute Gasteiger partial charge is 0.507 e. The summed E-state index contributed by atoms with van der Waals surface area (Å²) >= 11 is 0. The van der Waals surface area contributed by atoms with Crippen molar-refractivity contribution in [3.05, 3.63) is 53.6 Å². The Morgan fingerprint density at radius 3 is 2.83 bits per heavy atom. The molecule has 1 aromatic rings. The van der Waals surface area contributed by atoms with Crippen LogP contribution in [0.25, 0.3) is 0 Å². The first-order valence-corrected chi connectivity index (χ1v) is 5.67. The van der Waals surface area contributed by atoms with Gasteiger partial charge in [-0.1, -0.05) is 30.4 Å². The zero-order valence-corrected chi connectivity index (χ0v) is 10.1. The fourth-order valence-corrected chi connectivity index (χ4v) is 1.65. The van der Waals surface area contributed by atoms with E-state index in [-0.39, 0.29) is 11.3 Å². The Morgan fingerprint density at radius 2 is 2.17 bits per heavy atom. The van der Waals surface area contributed by atoms with Crippen LogP contribution in [0.5, 0.6) is 5.75 Å². The van der Waals surface area contributed by atoms with Crippen LogP contribution in [0.2, 0.25) is 0 Å². The lowest BCUT2D eigenvalue weighted by atomic mass is 10.1. The van der Waals surface area contributed by atoms with Crippen molar-refractivity contribution in [2.75, 3.05) is 0 Å². The average molecular weight is 242 g/mol. The van der Waals surface area contributed by atoms with E-state index in [1.54, 1.807) is 18.2 Å². The van der Waals surface area contributed by atoms with Crippen LogP contribution in [0.4, 0.5) is 0 Å². The van der Waals surface area contributed by atoms with Gasteiger partial charge in [0.05, 0.1) is 11.3 Å². The fraction of sp³-hybridized carbons (Fsp3) is 0.143. The number of amides is 1. The number of hydrogen-bond donors (Lipinski definition) is 2. The first-order chi connectivity index (χ1) is 8.68. The van der Waals surface area contributed by atoms with E-state index >= 15 is 0 Å². The third-order valence-corrected chi connectivity index (χ3v) is 2.71. The molecule has 1 aromatic carbocycles. The van der Waals surface area contributed by atoms with E-state index in [1.807, 2.05) is 25.2 Å². The van der Waals surface area contributed by atoms with Gasteiger partial charge in [0.1, 0.15) is 5.75 Å². The summed E-state index contributed by atoms with van der Waals surface area (Å²) in [6.07, 6.45) is 6.78. The van der Waals surface area contributed by atoms with Crippen molar-refractivity contribution in [1.29, 1.82) is 0 Å². The van der Waals surface area contributed by atoms with Crippen molar-refractivity contribution in [2.24, 2.45) is 5.10 Å². The second-order valence-electron chi connectivity index (χ2n) is 3.98. The summed E-state index contributed by atoms with van der Waals surface area (Å²) in [5.74, 6) is -0.469. The van der Waals surface area contributed by atoms with Crippen LogP contribution in [-0.2, 0) is 0 Å². The molecule has 0 aromatic heterocycles. The summed E-state index contributed by atoms with van der Waals surface area (Å²) in [6.45, 7) is 1.84. The molecule has 0 spiro atoms. The molecule has 0 aliphatic heterocycles. The number of phenolic OH excluding ortho intramolecular Hbond substituents is 1. The number of carbonyl (C=O) groups is 1. The number of para-hydroxylation sites is 1. The number of phenols is 1. The molecule has 0 heterocycles. The van der Waals surface area contributed by atoms with E-state index in [9.17, 15) is 9.90 Å². The molecule has 0 fully saturated rings. The predicted molar refractivity (Wildman–Crippen MR) is 70.5 cm³/mol. The molecule has 0 saturated heterocycles. The van der Waals surface area contributed by atoms with E-state index in [1.165, 1.54) is 6.07 Å². The monoisotopic (exact) mass is 242 g/mol. The maximum atomic E-state index is 11.8. The first kappa shape index (κ1) is 12.1. The van der Waals surface area contributed by atoms with Gasteiger partial charge in [-0.25, -0.2) is 5.43 Å². The number of allylic oxidation sites excluding steroid dienone is 4. The molecule has 0 unspecified atom stereocenters. The Morgan fingerprint density at radius 1 is 1.39 bits per heavy atom. The molecule has 92 valence electrons. The molecular formula is C14H14N2O2. The Labute approximate surface area is 105 Å². The molecule has 1 aliphatic carbocycles. The Bertz CT molecular complexity index is 557. The summed E-state index contributed by atoms with van der Waals surface area (Å²) in [7, 11) is 0. The molecule has 2 N–H and O–H groups in total. The SMILES string of the molecule is C/C(=N\NC(=O)c1ccccc1O)C1=CC=CC1. The Kier molecular flexibility index (Phi) is 3.57. The third-order valence-electron chi connectivity index (χ3n) is 2.71. The van der Waals surface area contributed by atoms with Gasteiger partial charge in [-0.05, 0) is 31.1 Å². The fourth-order valence-electron chi connectivity index (χ4n) is 1.65. The van der Waals surface area contributed by atoms with Crippen LogP contribution < -0.4 is 5.43 Å². The smallest absolute Gasteiger partial charge is 0.275 e. The minimum atomic E-state index is -0.418. The Hall–Kier alpha value is -2.36. The summed E-state index contributed by atoms with van der Waals surface area (Å²) in [6, 6.07) is 6.37. The van der Waals surface area contributed by atoms with Crippen molar-refractivity contribution < 1.29 is 9.90 Å². The van der Waals surface area contributed by atoms with Crippen molar-refractivity contribution in [3.63, 3.8) is 0 Å². The highest BCUT2D eigenvalue weighted by Gasteiger charge is 2.10.